The van der Waals surface area contributed by atoms with Gasteiger partial charge in [0.25, 0.3) is 0 Å². The van der Waals surface area contributed by atoms with Crippen LogP contribution in [0.2, 0.25) is 5.02 Å². The van der Waals surface area contributed by atoms with Crippen molar-refractivity contribution in [1.29, 1.82) is 0 Å². The van der Waals surface area contributed by atoms with Crippen molar-refractivity contribution in [2.24, 2.45) is 29.4 Å². The first-order chi connectivity index (χ1) is 9.49. The molecule has 1 fully saturated rings. The van der Waals surface area contributed by atoms with Crippen molar-refractivity contribution in [2.75, 3.05) is 11.5 Å². The Labute approximate surface area is 122 Å². The largest absolute Gasteiger partial charge is 0.395 e. The molecule has 3 rings (SSSR count). The second-order valence-corrected chi connectivity index (χ2v) is 6.04. The minimum absolute atomic E-state index is 0.143. The van der Waals surface area contributed by atoms with Gasteiger partial charge in [-0.2, -0.15) is 0 Å². The average molecular weight is 293 g/mol. The van der Waals surface area contributed by atoms with Gasteiger partial charge in [-0.1, -0.05) is 23.8 Å². The lowest BCUT2D eigenvalue weighted by Gasteiger charge is -2.26. The summed E-state index contributed by atoms with van der Waals surface area (Å²) >= 11 is 6.18. The highest BCUT2D eigenvalue weighted by Crippen LogP contribution is 2.50. The predicted octanol–water partition coefficient (Wildman–Crippen LogP) is 1.37. The van der Waals surface area contributed by atoms with Gasteiger partial charge < -0.3 is 17.2 Å². The molecule has 5 nitrogen and oxygen atoms in total. The maximum atomic E-state index is 11.7. The molecule has 0 saturated heterocycles. The molecule has 1 aromatic rings. The van der Waals surface area contributed by atoms with E-state index in [1.54, 1.807) is 0 Å². The van der Waals surface area contributed by atoms with Gasteiger partial charge in [-0.3, -0.25) is 4.79 Å². The second kappa shape index (κ2) is 4.66. The standard InChI is InChI=1S/C14H17ClN4O/c15-10-5-19-13(17)12(16)9(10)4-8-6-1-2-7(3-6)11(8)14(18)20/h1-2,5-8,11H,3-4,16H2,(H2,17,19)(H2,18,20)/t6-,7+,8+,11-/m0/s1. The number of allylic oxidation sites excluding steroid dienone is 2. The predicted molar refractivity (Wildman–Crippen MR) is 78.7 cm³/mol. The fourth-order valence-electron chi connectivity index (χ4n) is 3.62. The molecule has 1 saturated carbocycles. The van der Waals surface area contributed by atoms with Crippen LogP contribution in [0, 0.1) is 23.7 Å². The normalized spacial score (nSPS) is 30.9. The topological polar surface area (TPSA) is 108 Å². The van der Waals surface area contributed by atoms with E-state index in [1.165, 1.54) is 6.20 Å². The Morgan fingerprint density at radius 1 is 1.35 bits per heavy atom. The van der Waals surface area contributed by atoms with Gasteiger partial charge in [0.15, 0.2) is 0 Å². The molecular weight excluding hydrogens is 276 g/mol. The number of hydrogen-bond donors (Lipinski definition) is 3. The summed E-state index contributed by atoms with van der Waals surface area (Å²) in [6.45, 7) is 0. The molecule has 2 bridgehead atoms. The lowest BCUT2D eigenvalue weighted by Crippen LogP contribution is -2.34. The van der Waals surface area contributed by atoms with E-state index in [0.29, 0.717) is 23.0 Å². The first-order valence-corrected chi connectivity index (χ1v) is 7.02. The van der Waals surface area contributed by atoms with E-state index >= 15 is 0 Å². The molecule has 20 heavy (non-hydrogen) atoms. The average Bonchev–Trinajstić information content (AvgIpc) is 2.99. The van der Waals surface area contributed by atoms with Gasteiger partial charge in [0.2, 0.25) is 5.91 Å². The van der Waals surface area contributed by atoms with Crippen LogP contribution in [0.5, 0.6) is 0 Å². The molecule has 0 spiro atoms. The number of nitrogens with zero attached hydrogens (tertiary/aromatic N) is 1. The molecule has 0 unspecified atom stereocenters. The highest BCUT2D eigenvalue weighted by Gasteiger charge is 2.47. The summed E-state index contributed by atoms with van der Waals surface area (Å²) in [7, 11) is 0. The molecule has 2 aliphatic carbocycles. The molecule has 1 amide bonds. The van der Waals surface area contributed by atoms with Crippen LogP contribution in [0.3, 0.4) is 0 Å². The maximum Gasteiger partial charge on any atom is 0.221 e. The van der Waals surface area contributed by atoms with Crippen molar-refractivity contribution in [3.63, 3.8) is 0 Å². The van der Waals surface area contributed by atoms with E-state index in [1.807, 2.05) is 0 Å². The number of anilines is 2. The monoisotopic (exact) mass is 292 g/mol. The Morgan fingerprint density at radius 3 is 2.75 bits per heavy atom. The number of nitrogens with two attached hydrogens (primary N) is 3. The van der Waals surface area contributed by atoms with Gasteiger partial charge in [0, 0.05) is 12.1 Å². The summed E-state index contributed by atoms with van der Waals surface area (Å²) in [6, 6.07) is 0. The van der Waals surface area contributed by atoms with E-state index in [-0.39, 0.29) is 29.5 Å². The zero-order valence-corrected chi connectivity index (χ0v) is 11.7. The van der Waals surface area contributed by atoms with Crippen LogP contribution in [-0.2, 0) is 11.2 Å². The first-order valence-electron chi connectivity index (χ1n) is 6.65. The molecule has 1 heterocycles. The van der Waals surface area contributed by atoms with Crippen molar-refractivity contribution >= 4 is 29.0 Å². The Kier molecular flexibility index (Phi) is 3.09. The van der Waals surface area contributed by atoms with Crippen LogP contribution >= 0.6 is 11.6 Å². The van der Waals surface area contributed by atoms with Gasteiger partial charge in [0.1, 0.15) is 5.82 Å². The quantitative estimate of drug-likeness (QED) is 0.731. The number of pyridine rings is 1. The Balaban J connectivity index is 1.93. The summed E-state index contributed by atoms with van der Waals surface area (Å²) in [5.74, 6) is 0.644. The minimum atomic E-state index is -0.247. The summed E-state index contributed by atoms with van der Waals surface area (Å²) in [5, 5.41) is 0.492. The van der Waals surface area contributed by atoms with Crippen molar-refractivity contribution in [3.8, 4) is 0 Å². The third-order valence-electron chi connectivity index (χ3n) is 4.60. The van der Waals surface area contributed by atoms with E-state index in [4.69, 9.17) is 28.8 Å². The number of rotatable bonds is 3. The molecule has 2 aliphatic rings. The number of hydrogen-bond acceptors (Lipinski definition) is 4. The zero-order chi connectivity index (χ0) is 14.4. The fourth-order valence-corrected chi connectivity index (χ4v) is 3.85. The molecule has 6 N–H and O–H groups in total. The van der Waals surface area contributed by atoms with Crippen LogP contribution in [-0.4, -0.2) is 10.9 Å². The van der Waals surface area contributed by atoms with Crippen LogP contribution < -0.4 is 17.2 Å². The number of amides is 1. The Hall–Kier alpha value is -1.75. The zero-order valence-electron chi connectivity index (χ0n) is 10.9. The summed E-state index contributed by atoms with van der Waals surface area (Å²) in [4.78, 5) is 15.6. The third-order valence-corrected chi connectivity index (χ3v) is 4.92. The van der Waals surface area contributed by atoms with Crippen LogP contribution in [0.4, 0.5) is 11.5 Å². The van der Waals surface area contributed by atoms with Gasteiger partial charge in [-0.15, -0.1) is 0 Å². The van der Waals surface area contributed by atoms with E-state index in [0.717, 1.165) is 12.0 Å². The van der Waals surface area contributed by atoms with Gasteiger partial charge in [-0.05, 0) is 36.2 Å². The first kappa shape index (κ1) is 13.2. The van der Waals surface area contributed by atoms with Crippen LogP contribution in [0.1, 0.15) is 12.0 Å². The molecule has 4 atom stereocenters. The molecule has 6 heteroatoms. The van der Waals surface area contributed by atoms with E-state index in [2.05, 4.69) is 17.1 Å². The summed E-state index contributed by atoms with van der Waals surface area (Å²) < 4.78 is 0. The number of primary amides is 1. The third kappa shape index (κ3) is 1.93. The van der Waals surface area contributed by atoms with Gasteiger partial charge in [0.05, 0.1) is 10.7 Å². The van der Waals surface area contributed by atoms with Gasteiger partial charge >= 0.3 is 0 Å². The molecular formula is C14H17ClN4O. The highest BCUT2D eigenvalue weighted by atomic mass is 35.5. The Bertz CT molecular complexity index is 601. The minimum Gasteiger partial charge on any atom is -0.395 e. The van der Waals surface area contributed by atoms with Crippen LogP contribution in [0.15, 0.2) is 18.3 Å². The number of fused-ring (bicyclic) bond motifs is 2. The fraction of sp³-hybridized carbons (Fsp3) is 0.429. The second-order valence-electron chi connectivity index (χ2n) is 5.63. The molecule has 0 aliphatic heterocycles. The lowest BCUT2D eigenvalue weighted by atomic mass is 9.79. The summed E-state index contributed by atoms with van der Waals surface area (Å²) in [6.07, 6.45) is 7.36. The van der Waals surface area contributed by atoms with Crippen molar-refractivity contribution in [2.45, 2.75) is 12.8 Å². The van der Waals surface area contributed by atoms with Gasteiger partial charge in [-0.25, -0.2) is 4.98 Å². The number of carbonyl (C=O) groups is 1. The SMILES string of the molecule is NC(=O)[C@@H]1[C@H](Cc2c(Cl)cnc(N)c2N)[C@H]2C=C[C@@H]1C2. The molecule has 106 valence electrons. The van der Waals surface area contributed by atoms with Crippen molar-refractivity contribution in [3.05, 3.63) is 28.9 Å². The van der Waals surface area contributed by atoms with E-state index < -0.39 is 0 Å². The summed E-state index contributed by atoms with van der Waals surface area (Å²) in [5.41, 5.74) is 18.5. The van der Waals surface area contributed by atoms with Crippen molar-refractivity contribution in [1.82, 2.24) is 4.98 Å². The number of carbonyl (C=O) groups excluding carboxylic acids is 1. The van der Waals surface area contributed by atoms with Crippen molar-refractivity contribution < 1.29 is 4.79 Å². The number of nitrogen functional groups attached to an aromatic ring is 2. The van der Waals surface area contributed by atoms with E-state index in [9.17, 15) is 4.79 Å². The smallest absolute Gasteiger partial charge is 0.221 e. The van der Waals surface area contributed by atoms with Crippen LogP contribution in [0.25, 0.3) is 0 Å². The maximum absolute atomic E-state index is 11.7. The molecule has 0 radical (unpaired) electrons. The molecule has 0 aromatic carbocycles. The highest BCUT2D eigenvalue weighted by molar-refractivity contribution is 6.31. The Morgan fingerprint density at radius 2 is 2.05 bits per heavy atom. The molecule has 1 aromatic heterocycles. The lowest BCUT2D eigenvalue weighted by molar-refractivity contribution is -0.123. The number of halogens is 1. The number of aromatic nitrogens is 1.